The highest BCUT2D eigenvalue weighted by molar-refractivity contribution is 9.10. The third kappa shape index (κ3) is 3.37. The largest absolute Gasteiger partial charge is 0.511 e. The number of carbonyl (C=O) groups excluding carboxylic acids is 2. The Bertz CT molecular complexity index is 792. The lowest BCUT2D eigenvalue weighted by molar-refractivity contribution is -0.123. The first-order valence-corrected chi connectivity index (χ1v) is 8.13. The Morgan fingerprint density at radius 3 is 2.91 bits per heavy atom. The molecule has 8 nitrogen and oxygen atoms in total. The van der Waals surface area contributed by atoms with Gasteiger partial charge in [0.05, 0.1) is 12.2 Å². The molecule has 3 rings (SSSR count). The Labute approximate surface area is 142 Å². The summed E-state index contributed by atoms with van der Waals surface area (Å²) in [5.41, 5.74) is -0.331. The molecule has 1 atom stereocenters. The number of rotatable bonds is 3. The van der Waals surface area contributed by atoms with E-state index in [4.69, 9.17) is 0 Å². The summed E-state index contributed by atoms with van der Waals surface area (Å²) >= 11 is 4.58. The number of aliphatic hydroxyl groups is 1. The average molecular weight is 396 g/mol. The van der Waals surface area contributed by atoms with Gasteiger partial charge in [-0.2, -0.15) is 0 Å². The number of aromatic nitrogens is 3. The first-order valence-electron chi connectivity index (χ1n) is 6.46. The van der Waals surface area contributed by atoms with Crippen LogP contribution in [0.3, 0.4) is 0 Å². The molecule has 0 aliphatic carbocycles. The van der Waals surface area contributed by atoms with Crippen LogP contribution < -0.4 is 10.6 Å². The van der Waals surface area contributed by atoms with Crippen LogP contribution in [0.15, 0.2) is 39.9 Å². The molecule has 0 aromatic carbocycles. The van der Waals surface area contributed by atoms with Crippen LogP contribution in [0.4, 0.5) is 5.82 Å². The molecule has 0 spiro atoms. The number of nitrogens with zero attached hydrogens (tertiary/aromatic N) is 3. The van der Waals surface area contributed by atoms with E-state index in [1.807, 2.05) is 0 Å². The zero-order valence-electron chi connectivity index (χ0n) is 11.5. The van der Waals surface area contributed by atoms with Crippen LogP contribution in [0, 0.1) is 0 Å². The van der Waals surface area contributed by atoms with Gasteiger partial charge in [0.2, 0.25) is 0 Å². The summed E-state index contributed by atoms with van der Waals surface area (Å²) in [6, 6.07) is -0.466. The minimum Gasteiger partial charge on any atom is -0.511 e. The Morgan fingerprint density at radius 1 is 1.48 bits per heavy atom. The van der Waals surface area contributed by atoms with Gasteiger partial charge in [-0.1, -0.05) is 0 Å². The summed E-state index contributed by atoms with van der Waals surface area (Å²) in [6.07, 6.45) is 4.29. The minimum atomic E-state index is -0.737. The Morgan fingerprint density at radius 2 is 2.30 bits per heavy atom. The summed E-state index contributed by atoms with van der Waals surface area (Å²) in [6.45, 7) is 0. The third-order valence-electron chi connectivity index (χ3n) is 3.04. The van der Waals surface area contributed by atoms with Crippen molar-refractivity contribution in [3.05, 3.63) is 44.9 Å². The fourth-order valence-electron chi connectivity index (χ4n) is 2.06. The van der Waals surface area contributed by atoms with Crippen LogP contribution in [0.2, 0.25) is 0 Å². The summed E-state index contributed by atoms with van der Waals surface area (Å²) in [5, 5.41) is 17.6. The topological polar surface area (TPSA) is 117 Å². The van der Waals surface area contributed by atoms with Crippen molar-refractivity contribution in [2.75, 3.05) is 5.32 Å². The zero-order valence-corrected chi connectivity index (χ0v) is 13.9. The van der Waals surface area contributed by atoms with E-state index < -0.39 is 17.9 Å². The van der Waals surface area contributed by atoms with Gasteiger partial charge in [-0.15, -0.1) is 11.3 Å². The highest BCUT2D eigenvalue weighted by Crippen LogP contribution is 2.30. The molecular formula is C13H10BrN5O3S. The number of anilines is 1. The number of nitrogens with one attached hydrogen (secondary N) is 2. The van der Waals surface area contributed by atoms with Crippen molar-refractivity contribution >= 4 is 44.9 Å². The summed E-state index contributed by atoms with van der Waals surface area (Å²) in [5.74, 6) is -1.49. The summed E-state index contributed by atoms with van der Waals surface area (Å²) < 4.78 is 0.654. The second-order valence-electron chi connectivity index (χ2n) is 4.61. The monoisotopic (exact) mass is 395 g/mol. The highest BCUT2D eigenvalue weighted by Gasteiger charge is 2.33. The quantitative estimate of drug-likeness (QED) is 0.680. The van der Waals surface area contributed by atoms with Gasteiger partial charge in [0.25, 0.3) is 11.8 Å². The number of thiazole rings is 1. The lowest BCUT2D eigenvalue weighted by atomic mass is 10.0. The Balaban J connectivity index is 1.79. The molecule has 1 aliphatic rings. The predicted molar refractivity (Wildman–Crippen MR) is 85.6 cm³/mol. The van der Waals surface area contributed by atoms with Crippen molar-refractivity contribution < 1.29 is 14.7 Å². The van der Waals surface area contributed by atoms with Crippen LogP contribution in [0.25, 0.3) is 0 Å². The van der Waals surface area contributed by atoms with Crippen molar-refractivity contribution in [2.45, 2.75) is 12.5 Å². The molecule has 0 saturated carbocycles. The Hall–Kier alpha value is -2.33. The van der Waals surface area contributed by atoms with Gasteiger partial charge < -0.3 is 15.7 Å². The van der Waals surface area contributed by atoms with Crippen molar-refractivity contribution in [3.63, 3.8) is 0 Å². The molecule has 23 heavy (non-hydrogen) atoms. The second-order valence-corrected chi connectivity index (χ2v) is 6.31. The molecule has 1 aliphatic heterocycles. The van der Waals surface area contributed by atoms with Gasteiger partial charge in [0, 0.05) is 24.2 Å². The molecule has 3 N–H and O–H groups in total. The van der Waals surface area contributed by atoms with Crippen LogP contribution in [-0.4, -0.2) is 31.9 Å². The number of halogens is 1. The third-order valence-corrected chi connectivity index (χ3v) is 4.71. The number of hydrogen-bond acceptors (Lipinski definition) is 7. The van der Waals surface area contributed by atoms with Gasteiger partial charge in [0.15, 0.2) is 5.82 Å². The van der Waals surface area contributed by atoms with E-state index in [2.05, 4.69) is 41.5 Å². The number of aliphatic hydroxyl groups excluding tert-OH is 1. The molecule has 1 unspecified atom stereocenters. The van der Waals surface area contributed by atoms with Gasteiger partial charge >= 0.3 is 0 Å². The van der Waals surface area contributed by atoms with Crippen molar-refractivity contribution in [1.82, 2.24) is 20.3 Å². The normalized spacial score (nSPS) is 17.8. The summed E-state index contributed by atoms with van der Waals surface area (Å²) in [4.78, 5) is 36.2. The van der Waals surface area contributed by atoms with Crippen LogP contribution >= 0.6 is 27.3 Å². The van der Waals surface area contributed by atoms with Crippen LogP contribution in [-0.2, 0) is 9.59 Å². The fraction of sp³-hybridized carbons (Fsp3) is 0.154. The lowest BCUT2D eigenvalue weighted by Crippen LogP contribution is -2.39. The smallest absolute Gasteiger partial charge is 0.265 e. The lowest BCUT2D eigenvalue weighted by Gasteiger charge is -2.23. The SMILES string of the molecule is O=C(Nc1cnccn1)C1=C(O)CC(c2nc(Br)cs2)NC1=O. The molecule has 2 aromatic rings. The standard InChI is InChI=1S/C13H10BrN5O3S/c14-8-5-23-13(18-8)6-3-7(20)10(11(21)17-6)12(22)19-9-4-15-1-2-16-9/h1-2,4-6,20H,3H2,(H,17,21)(H,16,19,22). The van der Waals surface area contributed by atoms with E-state index in [-0.39, 0.29) is 23.6 Å². The van der Waals surface area contributed by atoms with Crippen molar-refractivity contribution in [3.8, 4) is 0 Å². The molecule has 10 heteroatoms. The number of hydrogen-bond donors (Lipinski definition) is 3. The molecular weight excluding hydrogens is 386 g/mol. The van der Waals surface area contributed by atoms with Gasteiger partial charge in [0.1, 0.15) is 20.9 Å². The molecule has 118 valence electrons. The number of amides is 2. The first kappa shape index (κ1) is 15.6. The molecule has 0 bridgehead atoms. The average Bonchev–Trinajstić information content (AvgIpc) is 2.94. The minimum absolute atomic E-state index is 0.0922. The van der Waals surface area contributed by atoms with Gasteiger partial charge in [-0.3, -0.25) is 14.6 Å². The summed E-state index contributed by atoms with van der Waals surface area (Å²) in [7, 11) is 0. The zero-order chi connectivity index (χ0) is 16.4. The molecule has 0 radical (unpaired) electrons. The van der Waals surface area contributed by atoms with E-state index in [0.29, 0.717) is 9.61 Å². The molecule has 3 heterocycles. The Kier molecular flexibility index (Phi) is 4.35. The van der Waals surface area contributed by atoms with Crippen molar-refractivity contribution in [2.24, 2.45) is 0 Å². The van der Waals surface area contributed by atoms with E-state index in [9.17, 15) is 14.7 Å². The van der Waals surface area contributed by atoms with E-state index >= 15 is 0 Å². The maximum Gasteiger partial charge on any atom is 0.265 e. The van der Waals surface area contributed by atoms with Crippen molar-refractivity contribution in [1.29, 1.82) is 0 Å². The van der Waals surface area contributed by atoms with E-state index in [1.54, 1.807) is 5.38 Å². The fourth-order valence-corrected chi connectivity index (χ4v) is 3.38. The first-order chi connectivity index (χ1) is 11.0. The maximum atomic E-state index is 12.2. The predicted octanol–water partition coefficient (Wildman–Crippen LogP) is 1.71. The van der Waals surface area contributed by atoms with Gasteiger partial charge in [-0.25, -0.2) is 9.97 Å². The highest BCUT2D eigenvalue weighted by atomic mass is 79.9. The van der Waals surface area contributed by atoms with E-state index in [1.165, 1.54) is 29.9 Å². The van der Waals surface area contributed by atoms with Crippen LogP contribution in [0.5, 0.6) is 0 Å². The van der Waals surface area contributed by atoms with Crippen LogP contribution in [0.1, 0.15) is 17.5 Å². The van der Waals surface area contributed by atoms with E-state index in [0.717, 1.165) is 0 Å². The second kappa shape index (κ2) is 6.42. The molecule has 0 saturated heterocycles. The molecule has 0 fully saturated rings. The molecule has 2 amide bonds. The molecule has 2 aromatic heterocycles. The maximum absolute atomic E-state index is 12.2. The number of carbonyl (C=O) groups is 2. The van der Waals surface area contributed by atoms with Gasteiger partial charge in [-0.05, 0) is 15.9 Å².